The highest BCUT2D eigenvalue weighted by atomic mass is 35.5. The smallest absolute Gasteiger partial charge is 0.322 e. The van der Waals surface area contributed by atoms with Crippen LogP contribution in [0.3, 0.4) is 0 Å². The number of rotatable bonds is 4. The van der Waals surface area contributed by atoms with E-state index in [0.29, 0.717) is 34.2 Å². The molecule has 0 spiro atoms. The topological polar surface area (TPSA) is 66.0 Å². The summed E-state index contributed by atoms with van der Waals surface area (Å²) in [6.07, 6.45) is 0. The molecule has 19 heavy (non-hydrogen) atoms. The van der Waals surface area contributed by atoms with Crippen LogP contribution in [0, 0.1) is 0 Å². The van der Waals surface area contributed by atoms with Crippen molar-refractivity contribution < 1.29 is 4.74 Å². The van der Waals surface area contributed by atoms with Gasteiger partial charge >= 0.3 is 6.01 Å². The van der Waals surface area contributed by atoms with Gasteiger partial charge in [0.05, 0.1) is 16.1 Å². The number of hydrogen-bond acceptors (Lipinski definition) is 4. The third-order valence-electron chi connectivity index (χ3n) is 2.57. The van der Waals surface area contributed by atoms with E-state index < -0.39 is 0 Å². The third kappa shape index (κ3) is 3.00. The van der Waals surface area contributed by atoms with E-state index in [1.807, 2.05) is 18.4 Å². The first kappa shape index (κ1) is 14.1. The Bertz CT molecular complexity index is 583. The molecule has 1 heterocycles. The number of hydrogen-bond donors (Lipinski definition) is 1. The second-order valence-electron chi connectivity index (χ2n) is 4.05. The van der Waals surface area contributed by atoms with Gasteiger partial charge in [-0.25, -0.2) is 0 Å². The van der Waals surface area contributed by atoms with Gasteiger partial charge in [-0.3, -0.25) is 4.57 Å². The Morgan fingerprint density at radius 2 is 2.05 bits per heavy atom. The van der Waals surface area contributed by atoms with Crippen molar-refractivity contribution in [2.75, 3.05) is 0 Å². The minimum absolute atomic E-state index is 0.210. The molecule has 0 aliphatic heterocycles. The SMILES string of the molecule is CCn1c(Oc2ccc(Cl)c(Cl)c2)nnc1C(C)N. The molecule has 0 bridgehead atoms. The molecule has 2 rings (SSSR count). The van der Waals surface area contributed by atoms with Crippen molar-refractivity contribution in [2.24, 2.45) is 5.73 Å². The Hall–Kier alpha value is -1.30. The molecule has 0 fully saturated rings. The third-order valence-corrected chi connectivity index (χ3v) is 3.31. The maximum atomic E-state index is 5.93. The van der Waals surface area contributed by atoms with E-state index in [4.69, 9.17) is 33.7 Å². The maximum Gasteiger partial charge on any atom is 0.322 e. The minimum Gasteiger partial charge on any atom is -0.424 e. The second-order valence-corrected chi connectivity index (χ2v) is 4.87. The molecule has 102 valence electrons. The standard InChI is InChI=1S/C12H14Cl2N4O/c1-3-18-11(7(2)15)16-17-12(18)19-8-4-5-9(13)10(14)6-8/h4-7H,3,15H2,1-2H3. The molecule has 0 saturated heterocycles. The van der Waals surface area contributed by atoms with Crippen molar-refractivity contribution in [1.29, 1.82) is 0 Å². The first-order valence-electron chi connectivity index (χ1n) is 5.84. The summed E-state index contributed by atoms with van der Waals surface area (Å²) in [6.45, 7) is 4.48. The molecule has 0 radical (unpaired) electrons. The Labute approximate surface area is 121 Å². The summed E-state index contributed by atoms with van der Waals surface area (Å²) in [4.78, 5) is 0. The molecule has 0 saturated carbocycles. The van der Waals surface area contributed by atoms with Crippen molar-refractivity contribution in [3.63, 3.8) is 0 Å². The van der Waals surface area contributed by atoms with Crippen molar-refractivity contribution in [3.05, 3.63) is 34.1 Å². The number of aromatic nitrogens is 3. The molecular formula is C12H14Cl2N4O. The van der Waals surface area contributed by atoms with Crippen LogP contribution in [0.2, 0.25) is 10.0 Å². The van der Waals surface area contributed by atoms with Gasteiger partial charge in [-0.05, 0) is 26.0 Å². The fourth-order valence-corrected chi connectivity index (χ4v) is 1.94. The highest BCUT2D eigenvalue weighted by Gasteiger charge is 2.15. The summed E-state index contributed by atoms with van der Waals surface area (Å²) in [6, 6.07) is 5.18. The van der Waals surface area contributed by atoms with E-state index in [-0.39, 0.29) is 6.04 Å². The van der Waals surface area contributed by atoms with Gasteiger partial charge in [0, 0.05) is 12.6 Å². The molecule has 0 aliphatic rings. The van der Waals surface area contributed by atoms with Gasteiger partial charge in [0.25, 0.3) is 0 Å². The Kier molecular flexibility index (Phi) is 4.29. The van der Waals surface area contributed by atoms with Gasteiger partial charge in [-0.15, -0.1) is 5.10 Å². The van der Waals surface area contributed by atoms with Crippen LogP contribution < -0.4 is 10.5 Å². The highest BCUT2D eigenvalue weighted by Crippen LogP contribution is 2.29. The molecule has 1 aromatic carbocycles. The fraction of sp³-hybridized carbons (Fsp3) is 0.333. The number of halogens is 2. The highest BCUT2D eigenvalue weighted by molar-refractivity contribution is 6.42. The van der Waals surface area contributed by atoms with E-state index in [2.05, 4.69) is 10.2 Å². The molecule has 1 aromatic heterocycles. The van der Waals surface area contributed by atoms with E-state index >= 15 is 0 Å². The summed E-state index contributed by atoms with van der Waals surface area (Å²) >= 11 is 11.8. The van der Waals surface area contributed by atoms with Gasteiger partial charge in [-0.2, -0.15) is 0 Å². The van der Waals surface area contributed by atoms with E-state index in [1.54, 1.807) is 18.2 Å². The van der Waals surface area contributed by atoms with Crippen molar-refractivity contribution in [3.8, 4) is 11.8 Å². The number of ether oxygens (including phenoxy) is 1. The molecule has 2 N–H and O–H groups in total. The number of nitrogens with two attached hydrogens (primary N) is 1. The average molecular weight is 301 g/mol. The van der Waals surface area contributed by atoms with E-state index in [1.165, 1.54) is 0 Å². The molecule has 0 amide bonds. The van der Waals surface area contributed by atoms with Gasteiger partial charge in [-0.1, -0.05) is 28.3 Å². The second kappa shape index (κ2) is 5.77. The largest absolute Gasteiger partial charge is 0.424 e. The maximum absolute atomic E-state index is 5.93. The van der Waals surface area contributed by atoms with Crippen LogP contribution >= 0.6 is 23.2 Å². The molecular weight excluding hydrogens is 287 g/mol. The monoisotopic (exact) mass is 300 g/mol. The fourth-order valence-electron chi connectivity index (χ4n) is 1.66. The van der Waals surface area contributed by atoms with Crippen LogP contribution in [0.4, 0.5) is 0 Å². The van der Waals surface area contributed by atoms with Crippen LogP contribution in [0.1, 0.15) is 25.7 Å². The summed E-state index contributed by atoms with van der Waals surface area (Å²) in [5.41, 5.74) is 5.82. The first-order valence-corrected chi connectivity index (χ1v) is 6.60. The summed E-state index contributed by atoms with van der Waals surface area (Å²) in [7, 11) is 0. The molecule has 1 unspecified atom stereocenters. The zero-order chi connectivity index (χ0) is 14.0. The predicted molar refractivity (Wildman–Crippen MR) is 74.8 cm³/mol. The average Bonchev–Trinajstić information content (AvgIpc) is 2.76. The van der Waals surface area contributed by atoms with Crippen LogP contribution in [0.5, 0.6) is 11.8 Å². The zero-order valence-corrected chi connectivity index (χ0v) is 12.1. The van der Waals surface area contributed by atoms with Crippen LogP contribution in [0.25, 0.3) is 0 Å². The number of benzene rings is 1. The van der Waals surface area contributed by atoms with Crippen LogP contribution in [-0.4, -0.2) is 14.8 Å². The summed E-state index contributed by atoms with van der Waals surface area (Å²) < 4.78 is 7.47. The van der Waals surface area contributed by atoms with Gasteiger partial charge in [0.15, 0.2) is 5.82 Å². The lowest BCUT2D eigenvalue weighted by atomic mass is 10.3. The molecule has 0 aliphatic carbocycles. The van der Waals surface area contributed by atoms with Crippen molar-refractivity contribution in [2.45, 2.75) is 26.4 Å². The summed E-state index contributed by atoms with van der Waals surface area (Å²) in [5.74, 6) is 1.23. The lowest BCUT2D eigenvalue weighted by Gasteiger charge is -2.10. The van der Waals surface area contributed by atoms with E-state index in [9.17, 15) is 0 Å². The van der Waals surface area contributed by atoms with Crippen molar-refractivity contribution in [1.82, 2.24) is 14.8 Å². The quantitative estimate of drug-likeness (QED) is 0.939. The Morgan fingerprint density at radius 3 is 2.63 bits per heavy atom. The van der Waals surface area contributed by atoms with Crippen LogP contribution in [0.15, 0.2) is 18.2 Å². The molecule has 1 atom stereocenters. The molecule has 5 nitrogen and oxygen atoms in total. The van der Waals surface area contributed by atoms with Crippen molar-refractivity contribution >= 4 is 23.2 Å². The Morgan fingerprint density at radius 1 is 1.32 bits per heavy atom. The van der Waals surface area contributed by atoms with E-state index in [0.717, 1.165) is 0 Å². The Balaban J connectivity index is 2.30. The zero-order valence-electron chi connectivity index (χ0n) is 10.6. The lowest BCUT2D eigenvalue weighted by molar-refractivity contribution is 0.409. The predicted octanol–water partition coefficient (Wildman–Crippen LogP) is 3.42. The number of nitrogens with zero attached hydrogens (tertiary/aromatic N) is 3. The minimum atomic E-state index is -0.210. The molecule has 7 heteroatoms. The lowest BCUT2D eigenvalue weighted by Crippen LogP contribution is -2.13. The van der Waals surface area contributed by atoms with Gasteiger partial charge < -0.3 is 10.5 Å². The van der Waals surface area contributed by atoms with Gasteiger partial charge in [0.2, 0.25) is 0 Å². The first-order chi connectivity index (χ1) is 9.02. The summed E-state index contributed by atoms with van der Waals surface area (Å²) in [5, 5.41) is 8.92. The normalized spacial score (nSPS) is 12.5. The van der Waals surface area contributed by atoms with Gasteiger partial charge in [0.1, 0.15) is 5.75 Å². The van der Waals surface area contributed by atoms with Crippen LogP contribution in [-0.2, 0) is 6.54 Å². The molecule has 2 aromatic rings.